The van der Waals surface area contributed by atoms with Crippen molar-refractivity contribution in [1.82, 2.24) is 0 Å². The van der Waals surface area contributed by atoms with Crippen molar-refractivity contribution in [1.29, 1.82) is 0 Å². The summed E-state index contributed by atoms with van der Waals surface area (Å²) < 4.78 is 0. The van der Waals surface area contributed by atoms with E-state index in [2.05, 4.69) is 26.5 Å². The summed E-state index contributed by atoms with van der Waals surface area (Å²) >= 11 is 0. The molecule has 1 fully saturated rings. The molecule has 0 saturated heterocycles. The third-order valence-corrected chi connectivity index (χ3v) is 4.89. The van der Waals surface area contributed by atoms with E-state index in [9.17, 15) is 10.2 Å². The minimum Gasteiger partial charge on any atom is -0.418 e. The second-order valence-electron chi connectivity index (χ2n) is 6.90. The zero-order valence-corrected chi connectivity index (χ0v) is 12.7. The van der Waals surface area contributed by atoms with E-state index in [0.717, 1.165) is 37.7 Å². The molecule has 4 atom stereocenters. The van der Waals surface area contributed by atoms with Crippen LogP contribution in [0.4, 0.5) is 0 Å². The first-order chi connectivity index (χ1) is 9.24. The van der Waals surface area contributed by atoms with Crippen LogP contribution in [0.1, 0.15) is 46.0 Å². The molecule has 2 aliphatic carbocycles. The normalized spacial score (nSPS) is 36.5. The summed E-state index contributed by atoms with van der Waals surface area (Å²) in [5.41, 5.74) is 1.48. The Balaban J connectivity index is 2.06. The topological polar surface area (TPSA) is 40.5 Å². The Morgan fingerprint density at radius 3 is 3.00 bits per heavy atom. The SMILES string of the molecule is C=C(C/C=C\C([CH2-])(C)O)C1=CCC2[C@@H](O)CCC[C@]12C. The molecule has 0 amide bonds. The quantitative estimate of drug-likeness (QED) is 0.608. The predicted molar refractivity (Wildman–Crippen MR) is 83.0 cm³/mol. The van der Waals surface area contributed by atoms with Crippen molar-refractivity contribution in [3.63, 3.8) is 0 Å². The molecule has 2 N–H and O–H groups in total. The van der Waals surface area contributed by atoms with Crippen LogP contribution in [0, 0.1) is 18.3 Å². The van der Waals surface area contributed by atoms with E-state index in [4.69, 9.17) is 0 Å². The molecule has 0 radical (unpaired) electrons. The molecule has 112 valence electrons. The second kappa shape index (κ2) is 5.50. The Kier molecular flexibility index (Phi) is 4.27. The van der Waals surface area contributed by atoms with E-state index in [-0.39, 0.29) is 11.5 Å². The van der Waals surface area contributed by atoms with Crippen molar-refractivity contribution in [2.45, 2.75) is 57.7 Å². The number of allylic oxidation sites excluding steroid dienone is 4. The largest absolute Gasteiger partial charge is 0.418 e. The first-order valence-corrected chi connectivity index (χ1v) is 7.56. The molecule has 2 nitrogen and oxygen atoms in total. The number of hydrogen-bond donors (Lipinski definition) is 2. The molecule has 2 unspecified atom stereocenters. The number of aliphatic hydroxyl groups excluding tert-OH is 1. The molecular formula is C18H27O2-. The van der Waals surface area contributed by atoms with Crippen molar-refractivity contribution in [2.75, 3.05) is 0 Å². The highest BCUT2D eigenvalue weighted by Gasteiger charge is 2.47. The third-order valence-electron chi connectivity index (χ3n) is 4.89. The van der Waals surface area contributed by atoms with Gasteiger partial charge in [0.1, 0.15) is 0 Å². The molecule has 20 heavy (non-hydrogen) atoms. The fourth-order valence-electron chi connectivity index (χ4n) is 3.83. The van der Waals surface area contributed by atoms with Gasteiger partial charge in [-0.25, -0.2) is 0 Å². The van der Waals surface area contributed by atoms with Gasteiger partial charge in [0.05, 0.1) is 6.10 Å². The molecule has 1 saturated carbocycles. The zero-order chi connectivity index (χ0) is 15.0. The summed E-state index contributed by atoms with van der Waals surface area (Å²) in [5.74, 6) is 0.350. The van der Waals surface area contributed by atoms with Crippen molar-refractivity contribution in [3.05, 3.63) is 42.9 Å². The summed E-state index contributed by atoms with van der Waals surface area (Å²) in [7, 11) is 0. The molecule has 0 aliphatic heterocycles. The Morgan fingerprint density at radius 2 is 2.35 bits per heavy atom. The van der Waals surface area contributed by atoms with E-state index in [1.807, 2.05) is 6.08 Å². The second-order valence-corrected chi connectivity index (χ2v) is 6.90. The highest BCUT2D eigenvalue weighted by Crippen LogP contribution is 2.54. The standard InChI is InChI=1S/C18H27O2/c1-13(7-5-11-17(2,3)20)14-9-10-15-16(19)8-6-12-18(14,15)4/h5,9,11,15-16,19-20H,1-2,6-8,10,12H2,3-4H3/q-1/b11-5-/t15?,16-,17?,18+/m0/s1. The molecule has 0 bridgehead atoms. The lowest BCUT2D eigenvalue weighted by molar-refractivity contribution is 0.0120. The lowest BCUT2D eigenvalue weighted by Gasteiger charge is -2.42. The average Bonchev–Trinajstić information content (AvgIpc) is 2.66. The van der Waals surface area contributed by atoms with Crippen LogP contribution in [0.2, 0.25) is 0 Å². The van der Waals surface area contributed by atoms with Gasteiger partial charge in [0.25, 0.3) is 0 Å². The molecule has 2 aliphatic rings. The lowest BCUT2D eigenvalue weighted by atomic mass is 9.64. The maximum atomic E-state index is 10.2. The van der Waals surface area contributed by atoms with Gasteiger partial charge in [0, 0.05) is 0 Å². The van der Waals surface area contributed by atoms with Crippen LogP contribution < -0.4 is 0 Å². The van der Waals surface area contributed by atoms with Gasteiger partial charge in [-0.3, -0.25) is 0 Å². The summed E-state index contributed by atoms with van der Waals surface area (Å²) in [4.78, 5) is 0. The van der Waals surface area contributed by atoms with Crippen LogP contribution in [-0.4, -0.2) is 21.9 Å². The number of fused-ring (bicyclic) bond motifs is 1. The van der Waals surface area contributed by atoms with Crippen molar-refractivity contribution < 1.29 is 10.2 Å². The van der Waals surface area contributed by atoms with Gasteiger partial charge in [0.15, 0.2) is 0 Å². The summed E-state index contributed by atoms with van der Waals surface area (Å²) in [5, 5.41) is 19.8. The monoisotopic (exact) mass is 275 g/mol. The van der Waals surface area contributed by atoms with Crippen LogP contribution in [0.15, 0.2) is 36.0 Å². The maximum Gasteiger partial charge on any atom is 0.0579 e. The smallest absolute Gasteiger partial charge is 0.0579 e. The average molecular weight is 275 g/mol. The highest BCUT2D eigenvalue weighted by atomic mass is 16.3. The Hall–Kier alpha value is -0.860. The fourth-order valence-corrected chi connectivity index (χ4v) is 3.83. The summed E-state index contributed by atoms with van der Waals surface area (Å²) in [6.07, 6.45) is 10.6. The molecule has 0 aromatic carbocycles. The minimum atomic E-state index is -1.02. The summed E-state index contributed by atoms with van der Waals surface area (Å²) in [6, 6.07) is 0. The third kappa shape index (κ3) is 3.07. The first kappa shape index (κ1) is 15.5. The molecular weight excluding hydrogens is 248 g/mol. The van der Waals surface area contributed by atoms with E-state index >= 15 is 0 Å². The molecule has 2 rings (SSSR count). The Morgan fingerprint density at radius 1 is 1.65 bits per heavy atom. The van der Waals surface area contributed by atoms with Gasteiger partial charge < -0.3 is 17.1 Å². The van der Waals surface area contributed by atoms with Gasteiger partial charge >= 0.3 is 0 Å². The maximum absolute atomic E-state index is 10.2. The zero-order valence-electron chi connectivity index (χ0n) is 12.7. The highest BCUT2D eigenvalue weighted by molar-refractivity contribution is 5.40. The van der Waals surface area contributed by atoms with Crippen LogP contribution in [0.5, 0.6) is 0 Å². The number of aliphatic hydroxyl groups is 2. The molecule has 0 spiro atoms. The molecule has 0 aromatic heterocycles. The van der Waals surface area contributed by atoms with Gasteiger partial charge in [-0.15, -0.1) is 0 Å². The van der Waals surface area contributed by atoms with Crippen LogP contribution in [0.25, 0.3) is 0 Å². The van der Waals surface area contributed by atoms with Crippen LogP contribution in [0.3, 0.4) is 0 Å². The van der Waals surface area contributed by atoms with Crippen LogP contribution >= 0.6 is 0 Å². The molecule has 2 heteroatoms. The Bertz CT molecular complexity index is 439. The van der Waals surface area contributed by atoms with Crippen LogP contribution in [-0.2, 0) is 0 Å². The van der Waals surface area contributed by atoms with E-state index in [1.165, 1.54) is 5.57 Å². The van der Waals surface area contributed by atoms with E-state index < -0.39 is 5.60 Å². The van der Waals surface area contributed by atoms with Crippen molar-refractivity contribution >= 4 is 0 Å². The summed E-state index contributed by atoms with van der Waals surface area (Å²) in [6.45, 7) is 11.8. The van der Waals surface area contributed by atoms with E-state index in [0.29, 0.717) is 5.92 Å². The number of rotatable bonds is 4. The first-order valence-electron chi connectivity index (χ1n) is 7.56. The predicted octanol–water partition coefficient (Wildman–Crippen LogP) is 3.57. The van der Waals surface area contributed by atoms with Gasteiger partial charge in [-0.2, -0.15) is 0 Å². The Labute approximate surface area is 122 Å². The minimum absolute atomic E-state index is 0.0789. The lowest BCUT2D eigenvalue weighted by Crippen LogP contribution is -2.38. The van der Waals surface area contributed by atoms with Crippen molar-refractivity contribution in [2.24, 2.45) is 11.3 Å². The molecule has 0 heterocycles. The van der Waals surface area contributed by atoms with Gasteiger partial charge in [0.2, 0.25) is 0 Å². The molecule has 0 aromatic rings. The number of hydrogen-bond acceptors (Lipinski definition) is 2. The van der Waals surface area contributed by atoms with Crippen molar-refractivity contribution in [3.8, 4) is 0 Å². The van der Waals surface area contributed by atoms with E-state index in [1.54, 1.807) is 13.0 Å². The van der Waals surface area contributed by atoms with Gasteiger partial charge in [-0.05, 0) is 60.2 Å². The fraction of sp³-hybridized carbons (Fsp3) is 0.611. The van der Waals surface area contributed by atoms with Gasteiger partial charge in [-0.1, -0.05) is 38.7 Å².